The highest BCUT2D eigenvalue weighted by molar-refractivity contribution is 6.08. The maximum atomic E-state index is 13.3. The number of primary amides is 1. The minimum Gasteiger partial charge on any atom is -0.369 e. The quantitative estimate of drug-likeness (QED) is 0.174. The van der Waals surface area contributed by atoms with Crippen molar-refractivity contribution in [2.45, 2.75) is 26.3 Å². The molecule has 1 atom stereocenters. The largest absolute Gasteiger partial charge is 0.369 e. The number of amides is 4. The molecule has 0 spiro atoms. The van der Waals surface area contributed by atoms with Crippen molar-refractivity contribution in [3.63, 3.8) is 0 Å². The molecule has 0 unspecified atom stereocenters. The van der Waals surface area contributed by atoms with Crippen molar-refractivity contribution in [1.29, 1.82) is 0 Å². The molecule has 0 radical (unpaired) electrons. The third kappa shape index (κ3) is 9.63. The van der Waals surface area contributed by atoms with Crippen LogP contribution >= 0.6 is 0 Å². The lowest BCUT2D eigenvalue weighted by atomic mass is 10.2. The van der Waals surface area contributed by atoms with Gasteiger partial charge in [0.05, 0.1) is 0 Å². The second kappa shape index (κ2) is 15.8. The van der Waals surface area contributed by atoms with Gasteiger partial charge in [-0.15, -0.1) is 0 Å². The molecule has 4 amide bonds. The second-order valence-electron chi connectivity index (χ2n) is 10.3. The maximum Gasteiger partial charge on any atom is 0.260 e. The van der Waals surface area contributed by atoms with Crippen LogP contribution in [0.25, 0.3) is 0 Å². The number of carbonyl (C=O) groups is 4. The predicted octanol–water partition coefficient (Wildman–Crippen LogP) is 3.30. The first-order chi connectivity index (χ1) is 21.0. The van der Waals surface area contributed by atoms with E-state index in [0.717, 1.165) is 6.42 Å². The number of benzene rings is 2. The number of hydrogen-bond donors (Lipinski definition) is 5. The highest BCUT2D eigenvalue weighted by Crippen LogP contribution is 2.21. The van der Waals surface area contributed by atoms with Gasteiger partial charge in [-0.3, -0.25) is 19.2 Å². The van der Waals surface area contributed by atoms with Crippen molar-refractivity contribution in [2.24, 2.45) is 5.73 Å². The van der Waals surface area contributed by atoms with Crippen LogP contribution in [0, 0.1) is 0 Å². The van der Waals surface area contributed by atoms with Crippen LogP contribution < -0.4 is 27.0 Å². The lowest BCUT2D eigenvalue weighted by Gasteiger charge is -2.23. The molecule has 0 bridgehead atoms. The van der Waals surface area contributed by atoms with Gasteiger partial charge in [-0.2, -0.15) is 4.98 Å². The zero-order valence-electron chi connectivity index (χ0n) is 25.5. The van der Waals surface area contributed by atoms with Crippen molar-refractivity contribution in [2.75, 3.05) is 55.5 Å². The standard InChI is InChI=1S/C31H39N9O4/c1-6-16-33-28-25(19-34-31(38-28)37-22-14-12-21(13-15-22)27(32)42)30(44)36-24-10-7-9-23(18-24)35-29(43)20(2)40(5)26(41)11-8-17-39(3)4/h7-15,18-20H,6,16-17H2,1-5H3,(H2,32,42)(H,35,43)(H,36,44)(H2,33,34,37,38)/t20-/m0/s1. The van der Waals surface area contributed by atoms with Crippen LogP contribution in [0.4, 0.5) is 28.8 Å². The van der Waals surface area contributed by atoms with Crippen LogP contribution in [0.1, 0.15) is 41.0 Å². The third-order valence-electron chi connectivity index (χ3n) is 6.43. The molecule has 0 fully saturated rings. The van der Waals surface area contributed by atoms with Crippen LogP contribution in [0.5, 0.6) is 0 Å². The summed E-state index contributed by atoms with van der Waals surface area (Å²) < 4.78 is 0. The molecule has 1 heterocycles. The summed E-state index contributed by atoms with van der Waals surface area (Å²) in [6.45, 7) is 4.81. The fourth-order valence-corrected chi connectivity index (χ4v) is 3.80. The van der Waals surface area contributed by atoms with Crippen molar-refractivity contribution in [3.8, 4) is 0 Å². The number of likely N-dealkylation sites (N-methyl/N-ethyl adjacent to an activating group) is 2. The van der Waals surface area contributed by atoms with Gasteiger partial charge in [-0.25, -0.2) is 4.98 Å². The smallest absolute Gasteiger partial charge is 0.260 e. The van der Waals surface area contributed by atoms with Crippen molar-refractivity contribution >= 4 is 52.5 Å². The summed E-state index contributed by atoms with van der Waals surface area (Å²) >= 11 is 0. The molecule has 44 heavy (non-hydrogen) atoms. The van der Waals surface area contributed by atoms with E-state index in [-0.39, 0.29) is 23.3 Å². The summed E-state index contributed by atoms with van der Waals surface area (Å²) in [6, 6.07) is 12.5. The zero-order chi connectivity index (χ0) is 32.2. The Morgan fingerprint density at radius 1 is 0.977 bits per heavy atom. The number of anilines is 5. The van der Waals surface area contributed by atoms with Gasteiger partial charge in [0.1, 0.15) is 17.4 Å². The van der Waals surface area contributed by atoms with Crippen LogP contribution in [0.15, 0.2) is 66.9 Å². The number of nitrogens with one attached hydrogen (secondary N) is 4. The van der Waals surface area contributed by atoms with E-state index in [2.05, 4.69) is 31.2 Å². The lowest BCUT2D eigenvalue weighted by molar-refractivity contribution is -0.132. The monoisotopic (exact) mass is 601 g/mol. The molecule has 0 saturated carbocycles. The van der Waals surface area contributed by atoms with Gasteiger partial charge in [0, 0.05) is 55.0 Å². The lowest BCUT2D eigenvalue weighted by Crippen LogP contribution is -2.42. The average molecular weight is 602 g/mol. The number of nitrogens with zero attached hydrogens (tertiary/aromatic N) is 4. The van der Waals surface area contributed by atoms with Crippen LogP contribution in [-0.4, -0.2) is 83.7 Å². The van der Waals surface area contributed by atoms with Gasteiger partial charge >= 0.3 is 0 Å². The first-order valence-corrected chi connectivity index (χ1v) is 14.1. The fourth-order valence-electron chi connectivity index (χ4n) is 3.80. The molecule has 1 aromatic heterocycles. The van der Waals surface area contributed by atoms with Gasteiger partial charge in [-0.1, -0.05) is 19.1 Å². The summed E-state index contributed by atoms with van der Waals surface area (Å²) in [4.78, 5) is 61.9. The van der Waals surface area contributed by atoms with Gasteiger partial charge in [0.15, 0.2) is 0 Å². The summed E-state index contributed by atoms with van der Waals surface area (Å²) in [5, 5.41) is 11.8. The molecule has 0 saturated heterocycles. The topological polar surface area (TPSA) is 175 Å². The van der Waals surface area contributed by atoms with Crippen LogP contribution in [0.2, 0.25) is 0 Å². The number of aromatic nitrogens is 2. The van der Waals surface area contributed by atoms with Crippen molar-refractivity contribution in [1.82, 2.24) is 19.8 Å². The van der Waals surface area contributed by atoms with E-state index in [1.54, 1.807) is 68.6 Å². The Morgan fingerprint density at radius 3 is 2.30 bits per heavy atom. The molecule has 0 aliphatic heterocycles. The van der Waals surface area contributed by atoms with E-state index in [9.17, 15) is 19.2 Å². The van der Waals surface area contributed by atoms with Gasteiger partial charge in [-0.05, 0) is 69.9 Å². The SMILES string of the molecule is CCCNc1nc(Nc2ccc(C(N)=O)cc2)ncc1C(=O)Nc1cccc(NC(=O)[C@H](C)N(C)C(=O)C=CCN(C)C)c1. The highest BCUT2D eigenvalue weighted by Gasteiger charge is 2.21. The Bertz CT molecular complexity index is 1510. The minimum absolute atomic E-state index is 0.221. The zero-order valence-corrected chi connectivity index (χ0v) is 25.5. The normalized spacial score (nSPS) is 11.6. The average Bonchev–Trinajstić information content (AvgIpc) is 2.99. The predicted molar refractivity (Wildman–Crippen MR) is 172 cm³/mol. The molecule has 3 rings (SSSR count). The Kier molecular flexibility index (Phi) is 11.9. The molecule has 13 heteroatoms. The van der Waals surface area contributed by atoms with Crippen molar-refractivity contribution in [3.05, 3.63) is 78.0 Å². The molecule has 0 aliphatic carbocycles. The van der Waals surface area contributed by atoms with E-state index >= 15 is 0 Å². The molecule has 3 aromatic rings. The van der Waals surface area contributed by atoms with Gasteiger partial charge < -0.3 is 36.8 Å². The Balaban J connectivity index is 1.69. The van der Waals surface area contributed by atoms with Crippen molar-refractivity contribution < 1.29 is 19.2 Å². The molecule has 232 valence electrons. The Morgan fingerprint density at radius 2 is 1.66 bits per heavy atom. The maximum absolute atomic E-state index is 13.3. The molecule has 13 nitrogen and oxygen atoms in total. The number of nitrogens with two attached hydrogens (primary N) is 1. The summed E-state index contributed by atoms with van der Waals surface area (Å²) in [5.74, 6) is -1.05. The van der Waals surface area contributed by atoms with Crippen LogP contribution in [0.3, 0.4) is 0 Å². The van der Waals surface area contributed by atoms with E-state index < -0.39 is 17.9 Å². The van der Waals surface area contributed by atoms with E-state index in [4.69, 9.17) is 5.73 Å². The van der Waals surface area contributed by atoms with Gasteiger partial charge in [0.25, 0.3) is 5.91 Å². The first kappa shape index (κ1) is 33.2. The Labute approximate surface area is 256 Å². The molecular weight excluding hydrogens is 562 g/mol. The summed E-state index contributed by atoms with van der Waals surface area (Å²) in [6.07, 6.45) is 5.39. The summed E-state index contributed by atoms with van der Waals surface area (Å²) in [7, 11) is 5.36. The fraction of sp³-hybridized carbons (Fsp3) is 0.290. The van der Waals surface area contributed by atoms with Crippen LogP contribution in [-0.2, 0) is 9.59 Å². The highest BCUT2D eigenvalue weighted by atomic mass is 16.2. The first-order valence-electron chi connectivity index (χ1n) is 14.1. The molecule has 0 aliphatic rings. The minimum atomic E-state index is -0.734. The Hall–Kier alpha value is -5.30. The molecule has 6 N–H and O–H groups in total. The molecular formula is C31H39N9O4. The van der Waals surface area contributed by atoms with E-state index in [1.165, 1.54) is 17.2 Å². The number of hydrogen-bond acceptors (Lipinski definition) is 9. The second-order valence-corrected chi connectivity index (χ2v) is 10.3. The number of rotatable bonds is 14. The third-order valence-corrected chi connectivity index (χ3v) is 6.43. The summed E-state index contributed by atoms with van der Waals surface area (Å²) in [5.41, 5.74) is 7.42. The number of carbonyl (C=O) groups excluding carboxylic acids is 4. The van der Waals surface area contributed by atoms with E-state index in [0.29, 0.717) is 41.5 Å². The van der Waals surface area contributed by atoms with E-state index in [1.807, 2.05) is 25.9 Å². The van der Waals surface area contributed by atoms with Gasteiger partial charge in [0.2, 0.25) is 23.7 Å². The molecule has 2 aromatic carbocycles.